The maximum atomic E-state index is 2.39. The van der Waals surface area contributed by atoms with Crippen LogP contribution >= 0.6 is 102 Å². The fourth-order valence-electron chi connectivity index (χ4n) is 14.8. The van der Waals surface area contributed by atoms with Gasteiger partial charge in [0.25, 0.3) is 0 Å². The molecule has 0 saturated heterocycles. The Morgan fingerprint density at radius 2 is 0.282 bits per heavy atom. The second kappa shape index (κ2) is 51.6. The molecule has 0 saturated carbocycles. The number of rotatable bonds is 52. The van der Waals surface area contributed by atoms with Crippen LogP contribution in [0, 0.1) is 41.5 Å². The molecule has 0 nitrogen and oxygen atoms in total. The van der Waals surface area contributed by atoms with Crippen LogP contribution in [0.4, 0.5) is 0 Å². The van der Waals surface area contributed by atoms with E-state index >= 15 is 0 Å². The molecule has 570 valence electrons. The Balaban J connectivity index is 0.000000220. The molecule has 0 aliphatic carbocycles. The summed E-state index contributed by atoms with van der Waals surface area (Å²) in [6.07, 6.45) is 62.9. The second-order valence-corrected chi connectivity index (χ2v) is 40.9. The summed E-state index contributed by atoms with van der Waals surface area (Å²) in [6, 6.07) is 28.0. The van der Waals surface area contributed by atoms with Gasteiger partial charge in [-0.25, -0.2) is 0 Å². The number of hydrogen-bond acceptors (Lipinski definition) is 9. The van der Waals surface area contributed by atoms with Gasteiger partial charge in [-0.15, -0.1) is 102 Å². The highest BCUT2D eigenvalue weighted by atomic mass is 32.1. The van der Waals surface area contributed by atoms with E-state index in [0.717, 1.165) is 0 Å². The Morgan fingerprint density at radius 1 is 0.155 bits per heavy atom. The topological polar surface area (TPSA) is 0 Å². The van der Waals surface area contributed by atoms with Gasteiger partial charge in [-0.1, -0.05) is 260 Å². The van der Waals surface area contributed by atoms with Crippen molar-refractivity contribution < 1.29 is 0 Å². The third-order valence-electron chi connectivity index (χ3n) is 20.8. The third kappa shape index (κ3) is 30.6. The molecule has 0 fully saturated rings. The first-order valence-corrected chi connectivity index (χ1v) is 49.6. The third-order valence-corrected chi connectivity index (χ3v) is 31.7. The summed E-state index contributed by atoms with van der Waals surface area (Å²) >= 11 is 18.1. The number of hydrogen-bond donors (Lipinski definition) is 0. The van der Waals surface area contributed by atoms with Gasteiger partial charge in [-0.2, -0.15) is 0 Å². The SMILES string of the molecule is CCCCCCCCCCCCc1c(-c2ccc(C)s2)sc(-c2ccc(C)s2)c1CCCCCCCCCCCC.CCCCCCCCc1c(-c2ccc(C)s2)sc(-c2ccc(C)s2)c1CCCCCCCC.CCCCCCc1c(-c2ccc(C)s2)sc(-c2ccc(C)s2)c1CCCCCC. The van der Waals surface area contributed by atoms with E-state index in [1.807, 2.05) is 68.0 Å². The molecule has 9 heterocycles. The molecular formula is C94H140S9. The van der Waals surface area contributed by atoms with Crippen LogP contribution in [-0.2, 0) is 38.5 Å². The lowest BCUT2D eigenvalue weighted by Crippen LogP contribution is -1.95. The molecular weight excluding hydrogens is 1420 g/mol. The van der Waals surface area contributed by atoms with Crippen LogP contribution < -0.4 is 0 Å². The Labute approximate surface area is 668 Å². The van der Waals surface area contributed by atoms with Crippen molar-refractivity contribution >= 4 is 102 Å². The number of unbranched alkanes of at least 4 members (excludes halogenated alkanes) is 34. The quantitative estimate of drug-likeness (QED) is 0.0333. The molecule has 0 atom stereocenters. The van der Waals surface area contributed by atoms with Crippen molar-refractivity contribution in [1.82, 2.24) is 0 Å². The Kier molecular flexibility index (Phi) is 43.9. The monoisotopic (exact) mass is 1560 g/mol. The van der Waals surface area contributed by atoms with Gasteiger partial charge >= 0.3 is 0 Å². The molecule has 9 aromatic rings. The summed E-state index contributed by atoms with van der Waals surface area (Å²) in [5, 5.41) is 0. The molecule has 9 aromatic heterocycles. The van der Waals surface area contributed by atoms with Crippen LogP contribution in [0.15, 0.2) is 72.8 Å². The Morgan fingerprint density at radius 3 is 0.408 bits per heavy atom. The Hall–Kier alpha value is -2.70. The van der Waals surface area contributed by atoms with E-state index < -0.39 is 0 Å². The number of aryl methyl sites for hydroxylation is 6. The number of thiophene rings is 9. The fraction of sp³-hybridized carbons (Fsp3) is 0.617. The first kappa shape index (κ1) is 87.5. The molecule has 0 aliphatic rings. The summed E-state index contributed by atoms with van der Waals surface area (Å²) in [5.41, 5.74) is 10.1. The lowest BCUT2D eigenvalue weighted by molar-refractivity contribution is 0.553. The van der Waals surface area contributed by atoms with Crippen molar-refractivity contribution in [2.24, 2.45) is 0 Å². The highest BCUT2D eigenvalue weighted by Gasteiger charge is 2.26. The smallest absolute Gasteiger partial charge is 0.0484 e. The molecule has 0 aliphatic heterocycles. The molecule has 0 radical (unpaired) electrons. The predicted molar refractivity (Wildman–Crippen MR) is 482 cm³/mol. The van der Waals surface area contributed by atoms with E-state index in [1.165, 1.54) is 354 Å². The molecule has 0 amide bonds. The molecule has 0 unspecified atom stereocenters. The highest BCUT2D eigenvalue weighted by molar-refractivity contribution is 7.28. The molecule has 0 aromatic carbocycles. The maximum Gasteiger partial charge on any atom is 0.0484 e. The lowest BCUT2D eigenvalue weighted by Gasteiger charge is -2.10. The van der Waals surface area contributed by atoms with Crippen LogP contribution in [0.2, 0.25) is 0 Å². The van der Waals surface area contributed by atoms with Gasteiger partial charge in [0, 0.05) is 87.8 Å². The first-order chi connectivity index (χ1) is 50.4. The van der Waals surface area contributed by atoms with Crippen molar-refractivity contribution in [3.8, 4) is 58.5 Å². The van der Waals surface area contributed by atoms with Crippen LogP contribution in [-0.4, -0.2) is 0 Å². The van der Waals surface area contributed by atoms with Gasteiger partial charge in [0.2, 0.25) is 0 Å². The Bertz CT molecular complexity index is 3400. The van der Waals surface area contributed by atoms with E-state index in [-0.39, 0.29) is 0 Å². The van der Waals surface area contributed by atoms with E-state index in [4.69, 9.17) is 0 Å². The first-order valence-electron chi connectivity index (χ1n) is 42.3. The van der Waals surface area contributed by atoms with Gasteiger partial charge in [0.15, 0.2) is 0 Å². The van der Waals surface area contributed by atoms with Crippen molar-refractivity contribution in [1.29, 1.82) is 0 Å². The van der Waals surface area contributed by atoms with Gasteiger partial charge < -0.3 is 0 Å². The molecule has 0 spiro atoms. The standard InChI is InChI=1S/C38H60S3.C30H44S3.C26H36S3/c1-5-7-9-11-13-15-17-19-21-23-25-33-34(26-24-22-20-18-16-14-12-10-8-6-2)38(36-30-28-32(4)40-36)41-37(33)35-29-27-31(3)39-35;1-5-7-9-11-13-15-17-25-26(18-16-14-12-10-8-6-2)30(28-22-20-24(4)32-28)33-29(25)27-21-19-23(3)31-27;1-5-7-9-11-13-21-22(14-12-10-8-6-2)26(24-18-16-20(4)28-24)29-25(21)23-17-15-19(3)27-23/h27-30H,5-26H2,1-4H3;19-22H,5-18H2,1-4H3;15-18H,5-14H2,1-4H3. The predicted octanol–water partition coefficient (Wildman–Crippen LogP) is 36.4. The van der Waals surface area contributed by atoms with E-state index in [2.05, 4.69) is 190 Å². The van der Waals surface area contributed by atoms with Crippen LogP contribution in [0.1, 0.15) is 361 Å². The molecule has 9 heteroatoms. The average molecular weight is 1560 g/mol. The zero-order valence-electron chi connectivity index (χ0n) is 67.1. The van der Waals surface area contributed by atoms with E-state index in [0.29, 0.717) is 0 Å². The molecule has 9 rings (SSSR count). The maximum absolute atomic E-state index is 2.39. The van der Waals surface area contributed by atoms with Gasteiger partial charge in [-0.05, 0) is 225 Å². The molecule has 0 N–H and O–H groups in total. The van der Waals surface area contributed by atoms with Gasteiger partial charge in [0.1, 0.15) is 0 Å². The average Bonchev–Trinajstić information content (AvgIpc) is 1.64. The van der Waals surface area contributed by atoms with Crippen LogP contribution in [0.25, 0.3) is 58.5 Å². The van der Waals surface area contributed by atoms with E-state index in [9.17, 15) is 0 Å². The van der Waals surface area contributed by atoms with Gasteiger partial charge in [-0.3, -0.25) is 0 Å². The highest BCUT2D eigenvalue weighted by Crippen LogP contribution is 2.51. The van der Waals surface area contributed by atoms with Crippen molar-refractivity contribution in [2.45, 2.75) is 378 Å². The van der Waals surface area contributed by atoms with Crippen molar-refractivity contribution in [3.63, 3.8) is 0 Å². The van der Waals surface area contributed by atoms with Crippen LogP contribution in [0.3, 0.4) is 0 Å². The summed E-state index contributed by atoms with van der Waals surface area (Å²) in [7, 11) is 0. The molecule has 0 bridgehead atoms. The van der Waals surface area contributed by atoms with E-state index in [1.54, 1.807) is 62.6 Å². The van der Waals surface area contributed by atoms with Crippen molar-refractivity contribution in [3.05, 3.63) is 135 Å². The minimum absolute atomic E-state index is 1.25. The largest absolute Gasteiger partial charge is 0.140 e. The zero-order valence-corrected chi connectivity index (χ0v) is 74.5. The summed E-state index contributed by atoms with van der Waals surface area (Å²) < 4.78 is 0. The minimum Gasteiger partial charge on any atom is -0.140 e. The van der Waals surface area contributed by atoms with Crippen LogP contribution in [0.5, 0.6) is 0 Å². The lowest BCUT2D eigenvalue weighted by atomic mass is 9.95. The normalized spacial score (nSPS) is 11.5. The zero-order chi connectivity index (χ0) is 73.2. The summed E-state index contributed by atoms with van der Waals surface area (Å²) in [4.78, 5) is 26.9. The fourth-order valence-corrected chi connectivity index (χ4v) is 25.0. The summed E-state index contributed by atoms with van der Waals surface area (Å²) in [6.45, 7) is 27.3. The molecule has 103 heavy (non-hydrogen) atoms. The van der Waals surface area contributed by atoms with Gasteiger partial charge in [0.05, 0.1) is 0 Å². The summed E-state index contributed by atoms with van der Waals surface area (Å²) in [5.74, 6) is 0. The van der Waals surface area contributed by atoms with Crippen molar-refractivity contribution in [2.75, 3.05) is 0 Å². The minimum atomic E-state index is 1.25. The second-order valence-electron chi connectivity index (χ2n) is 30.1.